The van der Waals surface area contributed by atoms with Crippen molar-refractivity contribution < 1.29 is 0 Å². The maximum absolute atomic E-state index is 6.56. The number of rotatable bonds is 5. The first kappa shape index (κ1) is 22.0. The van der Waals surface area contributed by atoms with E-state index in [1.807, 2.05) is 41.2 Å². The SMILES string of the molecule is Clc1ccc(-c2nn(C(c3ccccc3)(c3ccccc3)c3ccccc3)cc2Br)c(Cl)c1. The summed E-state index contributed by atoms with van der Waals surface area (Å²) in [5.74, 6) is 0. The van der Waals surface area contributed by atoms with E-state index in [9.17, 15) is 0 Å². The molecular weight excluding hydrogens is 515 g/mol. The van der Waals surface area contributed by atoms with Gasteiger partial charge in [0.25, 0.3) is 0 Å². The van der Waals surface area contributed by atoms with E-state index < -0.39 is 5.54 Å². The molecule has 162 valence electrons. The highest BCUT2D eigenvalue weighted by molar-refractivity contribution is 9.10. The van der Waals surface area contributed by atoms with Crippen molar-refractivity contribution in [2.45, 2.75) is 5.54 Å². The highest BCUT2D eigenvalue weighted by atomic mass is 79.9. The Morgan fingerprint density at radius 3 is 1.61 bits per heavy atom. The van der Waals surface area contributed by atoms with Crippen LogP contribution in [0.5, 0.6) is 0 Å². The van der Waals surface area contributed by atoms with E-state index in [1.54, 1.807) is 6.07 Å². The summed E-state index contributed by atoms with van der Waals surface area (Å²) in [4.78, 5) is 0. The fraction of sp³-hybridized carbons (Fsp3) is 0.0357. The van der Waals surface area contributed by atoms with Gasteiger partial charge in [-0.2, -0.15) is 5.10 Å². The van der Waals surface area contributed by atoms with Crippen molar-refractivity contribution in [2.75, 3.05) is 0 Å². The molecule has 0 aliphatic rings. The van der Waals surface area contributed by atoms with Crippen molar-refractivity contribution in [1.29, 1.82) is 0 Å². The van der Waals surface area contributed by atoms with Crippen molar-refractivity contribution >= 4 is 39.1 Å². The molecule has 0 unspecified atom stereocenters. The summed E-state index contributed by atoms with van der Waals surface area (Å²) >= 11 is 16.4. The monoisotopic (exact) mass is 532 g/mol. The van der Waals surface area contributed by atoms with Crippen LogP contribution in [-0.2, 0) is 5.54 Å². The zero-order valence-corrected chi connectivity index (χ0v) is 20.6. The molecule has 1 aromatic heterocycles. The molecule has 0 aliphatic carbocycles. The fourth-order valence-electron chi connectivity index (χ4n) is 4.32. The van der Waals surface area contributed by atoms with Crippen molar-refractivity contribution in [3.8, 4) is 11.3 Å². The molecule has 0 saturated heterocycles. The van der Waals surface area contributed by atoms with Crippen LogP contribution in [0.15, 0.2) is 120 Å². The lowest BCUT2D eigenvalue weighted by molar-refractivity contribution is 0.461. The number of benzene rings is 4. The predicted molar refractivity (Wildman–Crippen MR) is 140 cm³/mol. The van der Waals surface area contributed by atoms with Crippen LogP contribution in [0.25, 0.3) is 11.3 Å². The van der Waals surface area contributed by atoms with Crippen molar-refractivity contribution in [3.63, 3.8) is 0 Å². The Morgan fingerprint density at radius 1 is 0.667 bits per heavy atom. The van der Waals surface area contributed by atoms with Crippen LogP contribution in [0.1, 0.15) is 16.7 Å². The Balaban J connectivity index is 1.85. The molecule has 5 aromatic rings. The van der Waals surface area contributed by atoms with Crippen LogP contribution in [-0.4, -0.2) is 9.78 Å². The fourth-order valence-corrected chi connectivity index (χ4v) is 5.31. The average Bonchev–Trinajstić information content (AvgIpc) is 3.23. The smallest absolute Gasteiger partial charge is 0.138 e. The molecule has 0 amide bonds. The van der Waals surface area contributed by atoms with Crippen LogP contribution in [0.4, 0.5) is 0 Å². The molecule has 0 radical (unpaired) electrons. The largest absolute Gasteiger partial charge is 0.251 e. The Hall–Kier alpha value is -2.85. The molecule has 1 heterocycles. The maximum Gasteiger partial charge on any atom is 0.138 e. The van der Waals surface area contributed by atoms with Crippen molar-refractivity contribution in [3.05, 3.63) is 147 Å². The molecule has 0 bridgehead atoms. The van der Waals surface area contributed by atoms with E-state index in [1.165, 1.54) is 0 Å². The van der Waals surface area contributed by atoms with Crippen LogP contribution in [0.3, 0.4) is 0 Å². The lowest BCUT2D eigenvalue weighted by atomic mass is 9.77. The first-order chi connectivity index (χ1) is 16.1. The second kappa shape index (κ2) is 9.18. The molecule has 0 atom stereocenters. The lowest BCUT2D eigenvalue weighted by Crippen LogP contribution is -2.38. The summed E-state index contributed by atoms with van der Waals surface area (Å²) in [5.41, 5.74) is 4.19. The minimum atomic E-state index is -0.691. The second-order valence-electron chi connectivity index (χ2n) is 7.70. The van der Waals surface area contributed by atoms with Gasteiger partial charge >= 0.3 is 0 Å². The molecule has 0 fully saturated rings. The Morgan fingerprint density at radius 2 is 1.15 bits per heavy atom. The molecule has 0 aliphatic heterocycles. The van der Waals surface area contributed by atoms with Gasteiger partial charge in [-0.05, 0) is 50.8 Å². The predicted octanol–water partition coefficient (Wildman–Crippen LogP) is 8.46. The first-order valence-corrected chi connectivity index (χ1v) is 12.0. The number of aromatic nitrogens is 2. The normalized spacial score (nSPS) is 11.5. The van der Waals surface area contributed by atoms with Gasteiger partial charge in [0.1, 0.15) is 11.2 Å². The summed E-state index contributed by atoms with van der Waals surface area (Å²) in [7, 11) is 0. The van der Waals surface area contributed by atoms with Gasteiger partial charge in [-0.1, -0.05) is 114 Å². The summed E-state index contributed by atoms with van der Waals surface area (Å²) in [6.07, 6.45) is 2.02. The third-order valence-corrected chi connectivity index (χ3v) is 6.90. The number of nitrogens with zero attached hydrogens (tertiary/aromatic N) is 2. The molecule has 0 saturated carbocycles. The number of halogens is 3. The van der Waals surface area contributed by atoms with E-state index in [-0.39, 0.29) is 0 Å². The van der Waals surface area contributed by atoms with E-state index >= 15 is 0 Å². The maximum atomic E-state index is 6.56. The van der Waals surface area contributed by atoms with E-state index in [2.05, 4.69) is 88.7 Å². The third kappa shape index (κ3) is 3.91. The van der Waals surface area contributed by atoms with E-state index in [4.69, 9.17) is 28.3 Å². The minimum Gasteiger partial charge on any atom is -0.251 e. The van der Waals surface area contributed by atoms with Crippen molar-refractivity contribution in [1.82, 2.24) is 9.78 Å². The van der Waals surface area contributed by atoms with Gasteiger partial charge in [0, 0.05) is 16.8 Å². The van der Waals surface area contributed by atoms with E-state index in [0.717, 1.165) is 32.4 Å². The lowest BCUT2D eigenvalue weighted by Gasteiger charge is -2.36. The molecule has 5 heteroatoms. The van der Waals surface area contributed by atoms with Crippen molar-refractivity contribution in [2.24, 2.45) is 0 Å². The molecular formula is C28H19BrCl2N2. The van der Waals surface area contributed by atoms with Crippen LogP contribution in [0, 0.1) is 0 Å². The summed E-state index contributed by atoms with van der Waals surface area (Å²) in [5, 5.41) is 6.26. The summed E-state index contributed by atoms with van der Waals surface area (Å²) in [6.45, 7) is 0. The van der Waals surface area contributed by atoms with Gasteiger partial charge in [0.2, 0.25) is 0 Å². The third-order valence-electron chi connectivity index (χ3n) is 5.77. The van der Waals surface area contributed by atoms with Gasteiger partial charge < -0.3 is 0 Å². The van der Waals surface area contributed by atoms with Gasteiger partial charge in [0.05, 0.1) is 9.50 Å². The molecule has 0 N–H and O–H groups in total. The number of hydrogen-bond donors (Lipinski definition) is 0. The molecule has 2 nitrogen and oxygen atoms in total. The topological polar surface area (TPSA) is 17.8 Å². The first-order valence-electron chi connectivity index (χ1n) is 10.5. The Kier molecular flexibility index (Phi) is 6.11. The highest BCUT2D eigenvalue weighted by Crippen LogP contribution is 2.43. The molecule has 4 aromatic carbocycles. The Bertz CT molecular complexity index is 1290. The summed E-state index contributed by atoms with van der Waals surface area (Å²) < 4.78 is 2.87. The van der Waals surface area contributed by atoms with Gasteiger partial charge in [0.15, 0.2) is 0 Å². The van der Waals surface area contributed by atoms with Gasteiger partial charge in [-0.15, -0.1) is 0 Å². The minimum absolute atomic E-state index is 0.554. The summed E-state index contributed by atoms with van der Waals surface area (Å²) in [6, 6.07) is 36.8. The van der Waals surface area contributed by atoms with Crippen LogP contribution in [0.2, 0.25) is 10.0 Å². The van der Waals surface area contributed by atoms with Crippen LogP contribution >= 0.6 is 39.1 Å². The quantitative estimate of drug-likeness (QED) is 0.207. The number of hydrogen-bond acceptors (Lipinski definition) is 1. The van der Waals surface area contributed by atoms with Gasteiger partial charge in [-0.3, -0.25) is 4.68 Å². The zero-order valence-electron chi connectivity index (χ0n) is 17.5. The van der Waals surface area contributed by atoms with Gasteiger partial charge in [-0.25, -0.2) is 0 Å². The molecule has 33 heavy (non-hydrogen) atoms. The highest BCUT2D eigenvalue weighted by Gasteiger charge is 2.39. The Labute approximate surface area is 211 Å². The zero-order chi connectivity index (χ0) is 22.8. The van der Waals surface area contributed by atoms with Crippen LogP contribution < -0.4 is 0 Å². The molecule has 5 rings (SSSR count). The second-order valence-corrected chi connectivity index (χ2v) is 9.40. The standard InChI is InChI=1S/C28H19BrCl2N2/c29-25-19-33(32-27(25)24-17-16-23(30)18-26(24)31)28(20-10-4-1-5-11-20,21-12-6-2-7-13-21)22-14-8-3-9-15-22/h1-19H. The molecule has 0 spiro atoms. The van der Waals surface area contributed by atoms with E-state index in [0.29, 0.717) is 10.0 Å². The average molecular weight is 534 g/mol.